The number of hydrogen-bond donors (Lipinski definition) is 1. The molecule has 2 heteroatoms. The third-order valence-corrected chi connectivity index (χ3v) is 7.54. The largest absolute Gasteiger partial charge is 0.373 e. The summed E-state index contributed by atoms with van der Waals surface area (Å²) in [6, 6.07) is 0. The van der Waals surface area contributed by atoms with E-state index in [1.54, 1.807) is 0 Å². The summed E-state index contributed by atoms with van der Waals surface area (Å²) < 4.78 is 0. The molecular weight excluding hydrogens is 284 g/mol. The lowest BCUT2D eigenvalue weighted by molar-refractivity contribution is -0.116. The predicted molar refractivity (Wildman–Crippen MR) is 90.4 cm³/mol. The standard InChI is InChI=1S/C21H26O2/c1-3-20-11-9-17-16-8-6-15(22)13-14(16)5-7-18(17)19(20)10-12-21(20,23)4-2/h2,10,12-13,16-19,23H,3,5-9,11H2,1H3/t16?,17?,18?,19?,20-,21-/m0/s1. The van der Waals surface area contributed by atoms with Crippen molar-refractivity contribution in [2.75, 3.05) is 0 Å². The number of fused-ring (bicyclic) bond motifs is 5. The van der Waals surface area contributed by atoms with E-state index in [4.69, 9.17) is 6.42 Å². The predicted octanol–water partition coefficient (Wildman–Crippen LogP) is 3.66. The maximum absolute atomic E-state index is 11.7. The number of carbonyl (C=O) groups excluding carboxylic acids is 1. The van der Waals surface area contributed by atoms with E-state index in [1.165, 1.54) is 5.57 Å². The van der Waals surface area contributed by atoms with Crippen LogP contribution < -0.4 is 0 Å². The highest BCUT2D eigenvalue weighted by atomic mass is 16.3. The van der Waals surface area contributed by atoms with Gasteiger partial charge in [-0.25, -0.2) is 0 Å². The van der Waals surface area contributed by atoms with Gasteiger partial charge >= 0.3 is 0 Å². The SMILES string of the molecule is C#C[C@]1(O)C=CC2C3CCC4=CC(=O)CCC4C3CC[C@@]21CC. The molecule has 0 radical (unpaired) electrons. The van der Waals surface area contributed by atoms with Gasteiger partial charge in [-0.2, -0.15) is 0 Å². The zero-order valence-corrected chi connectivity index (χ0v) is 13.9. The van der Waals surface area contributed by atoms with E-state index >= 15 is 0 Å². The van der Waals surface area contributed by atoms with E-state index in [0.29, 0.717) is 35.9 Å². The van der Waals surface area contributed by atoms with Crippen molar-refractivity contribution in [3.05, 3.63) is 23.8 Å². The minimum absolute atomic E-state index is 0.172. The topological polar surface area (TPSA) is 37.3 Å². The minimum atomic E-state index is -1.07. The maximum atomic E-state index is 11.7. The van der Waals surface area contributed by atoms with E-state index in [1.807, 2.05) is 12.2 Å². The molecule has 23 heavy (non-hydrogen) atoms. The molecule has 0 saturated heterocycles. The first-order chi connectivity index (χ1) is 11.0. The molecule has 0 spiro atoms. The number of hydrogen-bond acceptors (Lipinski definition) is 2. The smallest absolute Gasteiger partial charge is 0.155 e. The van der Waals surface area contributed by atoms with Gasteiger partial charge < -0.3 is 5.11 Å². The van der Waals surface area contributed by atoms with Crippen LogP contribution in [0.15, 0.2) is 23.8 Å². The van der Waals surface area contributed by atoms with Crippen LogP contribution in [0.2, 0.25) is 0 Å². The molecule has 1 N–H and O–H groups in total. The molecule has 0 aromatic rings. The first-order valence-corrected chi connectivity index (χ1v) is 9.17. The van der Waals surface area contributed by atoms with Gasteiger partial charge in [-0.05, 0) is 74.3 Å². The van der Waals surface area contributed by atoms with Crippen molar-refractivity contribution in [2.45, 2.75) is 57.5 Å². The monoisotopic (exact) mass is 310 g/mol. The summed E-state index contributed by atoms with van der Waals surface area (Å²) in [7, 11) is 0. The molecule has 0 amide bonds. The van der Waals surface area contributed by atoms with E-state index < -0.39 is 5.60 Å². The molecular formula is C21H26O2. The fraction of sp³-hybridized carbons (Fsp3) is 0.667. The first kappa shape index (κ1) is 15.2. The average Bonchev–Trinajstić information content (AvgIpc) is 2.88. The van der Waals surface area contributed by atoms with Crippen LogP contribution in [0.3, 0.4) is 0 Å². The lowest BCUT2D eigenvalue weighted by Crippen LogP contribution is -2.54. The normalized spacial score (nSPS) is 48.0. The van der Waals surface area contributed by atoms with Gasteiger partial charge in [0.25, 0.3) is 0 Å². The summed E-state index contributed by atoms with van der Waals surface area (Å²) in [4.78, 5) is 11.7. The summed E-state index contributed by atoms with van der Waals surface area (Å²) in [6.45, 7) is 2.18. The van der Waals surface area contributed by atoms with Crippen LogP contribution in [0.4, 0.5) is 0 Å². The Morgan fingerprint density at radius 2 is 2.13 bits per heavy atom. The van der Waals surface area contributed by atoms with Crippen molar-refractivity contribution >= 4 is 5.78 Å². The van der Waals surface area contributed by atoms with Crippen LogP contribution >= 0.6 is 0 Å². The Kier molecular flexibility index (Phi) is 3.36. The van der Waals surface area contributed by atoms with E-state index in [0.717, 1.165) is 38.5 Å². The van der Waals surface area contributed by atoms with E-state index in [2.05, 4.69) is 18.9 Å². The molecule has 122 valence electrons. The van der Waals surface area contributed by atoms with Gasteiger partial charge in [0, 0.05) is 11.8 Å². The molecule has 0 aromatic heterocycles. The lowest BCUT2D eigenvalue weighted by Gasteiger charge is -2.55. The molecule has 0 aliphatic heterocycles. The Morgan fingerprint density at radius 1 is 1.30 bits per heavy atom. The molecule has 2 nitrogen and oxygen atoms in total. The lowest BCUT2D eigenvalue weighted by atomic mass is 9.49. The molecule has 4 aliphatic carbocycles. The second-order valence-electron chi connectivity index (χ2n) is 8.04. The highest BCUT2D eigenvalue weighted by molar-refractivity contribution is 5.91. The van der Waals surface area contributed by atoms with Crippen molar-refractivity contribution in [3.63, 3.8) is 0 Å². The van der Waals surface area contributed by atoms with Crippen molar-refractivity contribution in [1.29, 1.82) is 0 Å². The molecule has 0 bridgehead atoms. The van der Waals surface area contributed by atoms with Crippen molar-refractivity contribution < 1.29 is 9.90 Å². The zero-order chi connectivity index (χ0) is 16.2. The summed E-state index contributed by atoms with van der Waals surface area (Å²) in [6.07, 6.45) is 18.8. The Balaban J connectivity index is 1.69. The second-order valence-corrected chi connectivity index (χ2v) is 8.04. The minimum Gasteiger partial charge on any atom is -0.373 e. The molecule has 4 unspecified atom stereocenters. The molecule has 0 aromatic carbocycles. The Hall–Kier alpha value is -1.33. The van der Waals surface area contributed by atoms with Crippen molar-refractivity contribution in [2.24, 2.45) is 29.1 Å². The number of ketones is 1. The molecule has 4 rings (SSSR count). The Bertz CT molecular complexity index is 637. The van der Waals surface area contributed by atoms with Crippen LogP contribution in [0, 0.1) is 41.4 Å². The third kappa shape index (κ3) is 1.89. The number of terminal acetylenes is 1. The summed E-state index contributed by atoms with van der Waals surface area (Å²) in [5.41, 5.74) is 0.158. The highest BCUT2D eigenvalue weighted by Crippen LogP contribution is 2.63. The van der Waals surface area contributed by atoms with Gasteiger partial charge in [-0.3, -0.25) is 4.79 Å². The molecule has 2 fully saturated rings. The van der Waals surface area contributed by atoms with Crippen LogP contribution in [0.5, 0.6) is 0 Å². The van der Waals surface area contributed by atoms with E-state index in [-0.39, 0.29) is 5.41 Å². The van der Waals surface area contributed by atoms with Gasteiger partial charge in [0.1, 0.15) is 5.60 Å². The van der Waals surface area contributed by atoms with Crippen molar-refractivity contribution in [3.8, 4) is 12.3 Å². The zero-order valence-electron chi connectivity index (χ0n) is 13.9. The second kappa shape index (κ2) is 5.08. The number of carbonyl (C=O) groups is 1. The van der Waals surface area contributed by atoms with Gasteiger partial charge in [-0.15, -0.1) is 6.42 Å². The Morgan fingerprint density at radius 3 is 2.87 bits per heavy atom. The van der Waals surface area contributed by atoms with Crippen LogP contribution in [-0.2, 0) is 4.79 Å². The summed E-state index contributed by atoms with van der Waals surface area (Å²) >= 11 is 0. The van der Waals surface area contributed by atoms with E-state index in [9.17, 15) is 9.90 Å². The quantitative estimate of drug-likeness (QED) is 0.593. The maximum Gasteiger partial charge on any atom is 0.155 e. The van der Waals surface area contributed by atoms with Gasteiger partial charge in [-0.1, -0.05) is 24.5 Å². The number of rotatable bonds is 1. The highest BCUT2D eigenvalue weighted by Gasteiger charge is 2.61. The molecule has 2 saturated carbocycles. The van der Waals surface area contributed by atoms with Gasteiger partial charge in [0.2, 0.25) is 0 Å². The third-order valence-electron chi connectivity index (χ3n) is 7.54. The average molecular weight is 310 g/mol. The number of aliphatic hydroxyl groups is 1. The summed E-state index contributed by atoms with van der Waals surface area (Å²) in [5.74, 6) is 5.28. The first-order valence-electron chi connectivity index (χ1n) is 9.17. The van der Waals surface area contributed by atoms with Crippen LogP contribution in [-0.4, -0.2) is 16.5 Å². The summed E-state index contributed by atoms with van der Waals surface area (Å²) in [5, 5.41) is 11.0. The molecule has 4 aliphatic rings. The van der Waals surface area contributed by atoms with Crippen LogP contribution in [0.1, 0.15) is 51.9 Å². The molecule has 0 heterocycles. The Labute approximate surface area is 139 Å². The van der Waals surface area contributed by atoms with Crippen LogP contribution in [0.25, 0.3) is 0 Å². The molecule has 6 atom stereocenters. The fourth-order valence-corrected chi connectivity index (χ4v) is 6.38. The van der Waals surface area contributed by atoms with Gasteiger partial charge in [0.05, 0.1) is 0 Å². The number of allylic oxidation sites excluding steroid dienone is 3. The van der Waals surface area contributed by atoms with Gasteiger partial charge in [0.15, 0.2) is 5.78 Å². The van der Waals surface area contributed by atoms with Crippen molar-refractivity contribution in [1.82, 2.24) is 0 Å². The fourth-order valence-electron chi connectivity index (χ4n) is 6.38.